The highest BCUT2D eigenvalue weighted by Crippen LogP contribution is 2.14. The van der Waals surface area contributed by atoms with E-state index >= 15 is 0 Å². The van der Waals surface area contributed by atoms with Crippen LogP contribution in [0.5, 0.6) is 0 Å². The van der Waals surface area contributed by atoms with Crippen molar-refractivity contribution in [3.8, 4) is 0 Å². The number of nitrogens with zero attached hydrogens (tertiary/aromatic N) is 2. The fraction of sp³-hybridized carbons (Fsp3) is 1.00. The summed E-state index contributed by atoms with van der Waals surface area (Å²) in [6.07, 6.45) is 39.2. The average Bonchev–Trinajstić information content (AvgIpc) is 3.00. The first-order valence-electron chi connectivity index (χ1n) is 19.6. The molecule has 0 rings (SSSR count). The third-order valence-corrected chi connectivity index (χ3v) is 9.21. The summed E-state index contributed by atoms with van der Waals surface area (Å²) in [5.74, 6) is 0. The Morgan fingerprint density at radius 3 is 0.690 bits per heavy atom. The molecular weight excluding hydrogens is 512 g/mol. The molecule has 0 spiro atoms. The number of nitrogens with two attached hydrogens (primary N) is 2. The van der Waals surface area contributed by atoms with Crippen molar-refractivity contribution in [3.63, 3.8) is 0 Å². The Bertz CT molecular complexity index is 430. The molecule has 0 radical (unpaired) electrons. The van der Waals surface area contributed by atoms with Gasteiger partial charge in [-0.25, -0.2) is 0 Å². The van der Waals surface area contributed by atoms with Crippen molar-refractivity contribution in [1.82, 2.24) is 9.80 Å². The van der Waals surface area contributed by atoms with Crippen molar-refractivity contribution < 1.29 is 0 Å². The van der Waals surface area contributed by atoms with Crippen LogP contribution in [0.1, 0.15) is 194 Å². The van der Waals surface area contributed by atoms with Gasteiger partial charge in [-0.2, -0.15) is 0 Å². The van der Waals surface area contributed by atoms with E-state index in [1.165, 1.54) is 206 Å². The van der Waals surface area contributed by atoms with Crippen LogP contribution in [-0.2, 0) is 0 Å². The van der Waals surface area contributed by atoms with Crippen molar-refractivity contribution in [1.29, 1.82) is 0 Å². The molecule has 0 aliphatic rings. The Morgan fingerprint density at radius 1 is 0.262 bits per heavy atom. The minimum atomic E-state index is 0.820. The maximum atomic E-state index is 5.86. The van der Waals surface area contributed by atoms with Crippen molar-refractivity contribution in [2.24, 2.45) is 11.5 Å². The second-order valence-electron chi connectivity index (χ2n) is 13.5. The summed E-state index contributed by atoms with van der Waals surface area (Å²) in [6.45, 7) is 13.7. The minimum Gasteiger partial charge on any atom is -0.330 e. The van der Waals surface area contributed by atoms with Crippen LogP contribution in [0.25, 0.3) is 0 Å². The fourth-order valence-electron chi connectivity index (χ4n) is 6.32. The molecule has 0 amide bonds. The summed E-state index contributed by atoms with van der Waals surface area (Å²) in [4.78, 5) is 5.41. The first-order valence-corrected chi connectivity index (χ1v) is 19.6. The third-order valence-electron chi connectivity index (χ3n) is 9.21. The maximum absolute atomic E-state index is 5.86. The monoisotopic (exact) mass is 595 g/mol. The first kappa shape index (κ1) is 41.8. The average molecular weight is 595 g/mol. The lowest BCUT2D eigenvalue weighted by atomic mass is 10.1. The highest BCUT2D eigenvalue weighted by atomic mass is 15.1. The van der Waals surface area contributed by atoms with Crippen LogP contribution in [0, 0.1) is 0 Å². The van der Waals surface area contributed by atoms with E-state index in [0.717, 1.165) is 25.9 Å². The van der Waals surface area contributed by atoms with Crippen LogP contribution >= 0.6 is 0 Å². The molecule has 0 aliphatic heterocycles. The zero-order chi connectivity index (χ0) is 30.6. The summed E-state index contributed by atoms with van der Waals surface area (Å²) >= 11 is 0. The highest BCUT2D eigenvalue weighted by Gasteiger charge is 2.07. The summed E-state index contributed by atoms with van der Waals surface area (Å²) in [7, 11) is 0. The molecule has 42 heavy (non-hydrogen) atoms. The molecule has 0 saturated heterocycles. The second kappa shape index (κ2) is 37.0. The second-order valence-corrected chi connectivity index (χ2v) is 13.5. The van der Waals surface area contributed by atoms with Crippen LogP contribution in [0.4, 0.5) is 0 Å². The van der Waals surface area contributed by atoms with Crippen LogP contribution in [0.15, 0.2) is 0 Å². The van der Waals surface area contributed by atoms with E-state index in [0.29, 0.717) is 0 Å². The number of rotatable bonds is 37. The molecule has 4 heteroatoms. The Labute approximate surface area is 266 Å². The van der Waals surface area contributed by atoms with Gasteiger partial charge in [0.2, 0.25) is 0 Å². The molecule has 0 aromatic rings. The summed E-state index contributed by atoms with van der Waals surface area (Å²) in [5.41, 5.74) is 11.7. The predicted molar refractivity (Wildman–Crippen MR) is 192 cm³/mol. The Morgan fingerprint density at radius 2 is 0.452 bits per heavy atom. The van der Waals surface area contributed by atoms with Gasteiger partial charge in [0.1, 0.15) is 0 Å². The van der Waals surface area contributed by atoms with Gasteiger partial charge in [0.15, 0.2) is 0 Å². The zero-order valence-electron chi connectivity index (χ0n) is 29.5. The van der Waals surface area contributed by atoms with Gasteiger partial charge in [0.05, 0.1) is 0 Å². The Balaban J connectivity index is 3.89. The van der Waals surface area contributed by atoms with E-state index in [1.54, 1.807) is 0 Å². The van der Waals surface area contributed by atoms with Crippen molar-refractivity contribution in [3.05, 3.63) is 0 Å². The molecule has 0 atom stereocenters. The van der Waals surface area contributed by atoms with Gasteiger partial charge in [-0.15, -0.1) is 0 Å². The molecule has 254 valence electrons. The van der Waals surface area contributed by atoms with Crippen LogP contribution in [-0.4, -0.2) is 62.2 Å². The normalized spacial score (nSPS) is 11.9. The van der Waals surface area contributed by atoms with Crippen LogP contribution < -0.4 is 11.5 Å². The third kappa shape index (κ3) is 32.7. The Kier molecular flexibility index (Phi) is 36.9. The first-order chi connectivity index (χ1) is 20.8. The highest BCUT2D eigenvalue weighted by molar-refractivity contribution is 4.64. The maximum Gasteiger partial charge on any atom is -0.000672 e. The molecule has 4 N–H and O–H groups in total. The van der Waals surface area contributed by atoms with E-state index in [9.17, 15) is 0 Å². The molecule has 0 aromatic carbocycles. The molecule has 4 nitrogen and oxygen atoms in total. The molecule has 0 aromatic heterocycles. The van der Waals surface area contributed by atoms with Crippen molar-refractivity contribution in [2.45, 2.75) is 194 Å². The lowest BCUT2D eigenvalue weighted by Gasteiger charge is -2.24. The van der Waals surface area contributed by atoms with E-state index in [2.05, 4.69) is 23.6 Å². The smallest absolute Gasteiger partial charge is 0.000672 e. The van der Waals surface area contributed by atoms with E-state index in [4.69, 9.17) is 11.5 Å². The summed E-state index contributed by atoms with van der Waals surface area (Å²) < 4.78 is 0. The lowest BCUT2D eigenvalue weighted by Crippen LogP contribution is -2.31. The van der Waals surface area contributed by atoms with Gasteiger partial charge >= 0.3 is 0 Å². The van der Waals surface area contributed by atoms with E-state index in [1.807, 2.05) is 0 Å². The van der Waals surface area contributed by atoms with Gasteiger partial charge in [-0.1, -0.05) is 155 Å². The molecule has 0 heterocycles. The largest absolute Gasteiger partial charge is 0.330 e. The summed E-state index contributed by atoms with van der Waals surface area (Å²) in [5, 5.41) is 0. The van der Waals surface area contributed by atoms with Gasteiger partial charge in [0.25, 0.3) is 0 Å². The van der Waals surface area contributed by atoms with E-state index in [-0.39, 0.29) is 0 Å². The van der Waals surface area contributed by atoms with Gasteiger partial charge in [-0.3, -0.25) is 0 Å². The standard InChI is InChI=1S/C38H82N4/c1-3-5-7-9-11-13-15-17-19-21-23-25-33-41(37-29-31-39)35-27-28-36-42(38-30-32-40)34-26-24-22-20-18-16-14-12-10-8-6-4-2/h3-40H2,1-2H3. The van der Waals surface area contributed by atoms with Gasteiger partial charge in [0, 0.05) is 0 Å². The van der Waals surface area contributed by atoms with Crippen LogP contribution in [0.2, 0.25) is 0 Å². The SMILES string of the molecule is CCCCCCCCCCCCCCN(CCCN)CCCCN(CCCN)CCCCCCCCCCCCCC. The molecule has 0 fully saturated rings. The Hall–Kier alpha value is -0.160. The minimum absolute atomic E-state index is 0.820. The topological polar surface area (TPSA) is 58.5 Å². The quantitative estimate of drug-likeness (QED) is 0.0702. The van der Waals surface area contributed by atoms with Crippen molar-refractivity contribution in [2.75, 3.05) is 52.4 Å². The number of hydrogen-bond acceptors (Lipinski definition) is 4. The molecule has 0 saturated carbocycles. The fourth-order valence-corrected chi connectivity index (χ4v) is 6.32. The zero-order valence-corrected chi connectivity index (χ0v) is 29.5. The van der Waals surface area contributed by atoms with E-state index < -0.39 is 0 Å². The summed E-state index contributed by atoms with van der Waals surface area (Å²) in [6, 6.07) is 0. The van der Waals surface area contributed by atoms with Gasteiger partial charge < -0.3 is 21.3 Å². The lowest BCUT2D eigenvalue weighted by molar-refractivity contribution is 0.233. The molecule has 0 aliphatic carbocycles. The molecular formula is C38H82N4. The molecule has 0 unspecified atom stereocenters. The predicted octanol–water partition coefficient (Wildman–Crippen LogP) is 10.5. The van der Waals surface area contributed by atoms with Gasteiger partial charge in [-0.05, 0) is 90.9 Å². The number of unbranched alkanes of at least 4 members (excludes halogenated alkanes) is 23. The van der Waals surface area contributed by atoms with Crippen molar-refractivity contribution >= 4 is 0 Å². The van der Waals surface area contributed by atoms with Crippen LogP contribution in [0.3, 0.4) is 0 Å². The molecule has 0 bridgehead atoms. The number of hydrogen-bond donors (Lipinski definition) is 2.